The van der Waals surface area contributed by atoms with E-state index < -0.39 is 7.26 Å². The van der Waals surface area contributed by atoms with E-state index in [2.05, 4.69) is 137 Å². The Kier molecular flexibility index (Phi) is 8.91. The lowest BCUT2D eigenvalue weighted by Gasteiger charge is -2.26. The molecule has 1 aliphatic rings. The van der Waals surface area contributed by atoms with Crippen LogP contribution in [0.25, 0.3) is 0 Å². The summed E-state index contributed by atoms with van der Waals surface area (Å²) >= 11 is 0. The van der Waals surface area contributed by atoms with Gasteiger partial charge in [0.2, 0.25) is 0 Å². The quantitative estimate of drug-likeness (QED) is 0.308. The number of halogens is 1. The molecule has 34 heavy (non-hydrogen) atoms. The molecule has 0 amide bonds. The fourth-order valence-electron chi connectivity index (χ4n) is 5.09. The van der Waals surface area contributed by atoms with E-state index >= 15 is 0 Å². The van der Waals surface area contributed by atoms with Gasteiger partial charge < -0.3 is 17.0 Å². The maximum absolute atomic E-state index is 2.47. The van der Waals surface area contributed by atoms with Gasteiger partial charge in [-0.2, -0.15) is 0 Å². The first kappa shape index (κ1) is 26.4. The zero-order valence-corrected chi connectivity index (χ0v) is 23.3. The van der Waals surface area contributed by atoms with Crippen LogP contribution in [0, 0.1) is 5.41 Å². The highest BCUT2D eigenvalue weighted by atomic mass is 79.9. The van der Waals surface area contributed by atoms with Crippen molar-refractivity contribution in [2.24, 2.45) is 5.41 Å². The zero-order valence-electron chi connectivity index (χ0n) is 20.8. The van der Waals surface area contributed by atoms with Gasteiger partial charge in [-0.1, -0.05) is 91.7 Å². The van der Waals surface area contributed by atoms with Crippen molar-refractivity contribution in [3.05, 3.63) is 126 Å². The summed E-state index contributed by atoms with van der Waals surface area (Å²) in [5.74, 6) is 0. The predicted molar refractivity (Wildman–Crippen MR) is 149 cm³/mol. The highest BCUT2D eigenvalue weighted by molar-refractivity contribution is 7.95. The van der Waals surface area contributed by atoms with Crippen LogP contribution in [0.5, 0.6) is 0 Å². The SMILES string of the molecule is CC(C=CC1=C(C)CCC1(C)C)=CC[P+](c1ccccc1)(c1ccccc1)c1ccccc1.[Br-]. The summed E-state index contributed by atoms with van der Waals surface area (Å²) in [6, 6.07) is 33.4. The fraction of sp³-hybridized carbons (Fsp3) is 0.250. The van der Waals surface area contributed by atoms with Crippen molar-refractivity contribution >= 4 is 23.2 Å². The van der Waals surface area contributed by atoms with Crippen molar-refractivity contribution in [1.29, 1.82) is 0 Å². The molecule has 4 rings (SSSR count). The van der Waals surface area contributed by atoms with Crippen LogP contribution in [0.2, 0.25) is 0 Å². The van der Waals surface area contributed by atoms with E-state index in [9.17, 15) is 0 Å². The van der Waals surface area contributed by atoms with Gasteiger partial charge in [0.1, 0.15) is 23.2 Å². The summed E-state index contributed by atoms with van der Waals surface area (Å²) in [4.78, 5) is 0. The second kappa shape index (κ2) is 11.5. The van der Waals surface area contributed by atoms with Crippen molar-refractivity contribution < 1.29 is 17.0 Å². The number of benzene rings is 3. The van der Waals surface area contributed by atoms with Crippen LogP contribution in [0.4, 0.5) is 0 Å². The van der Waals surface area contributed by atoms with Crippen molar-refractivity contribution in [3.8, 4) is 0 Å². The average Bonchev–Trinajstić information content (AvgIpc) is 3.11. The molecule has 3 aromatic carbocycles. The first-order valence-corrected chi connectivity index (χ1v) is 14.0. The smallest absolute Gasteiger partial charge is 0.115 e. The summed E-state index contributed by atoms with van der Waals surface area (Å²) < 4.78 is 0. The number of hydrogen-bond donors (Lipinski definition) is 0. The van der Waals surface area contributed by atoms with E-state index in [1.807, 2.05) is 0 Å². The van der Waals surface area contributed by atoms with E-state index in [0.717, 1.165) is 6.16 Å². The molecular weight excluding hydrogens is 495 g/mol. The monoisotopic (exact) mass is 530 g/mol. The summed E-state index contributed by atoms with van der Waals surface area (Å²) in [5.41, 5.74) is 4.69. The van der Waals surface area contributed by atoms with Crippen LogP contribution in [-0.2, 0) is 0 Å². The van der Waals surface area contributed by atoms with Gasteiger partial charge in [0.15, 0.2) is 0 Å². The Morgan fingerprint density at radius 1 is 0.794 bits per heavy atom. The Balaban J connectivity index is 0.00000324. The van der Waals surface area contributed by atoms with E-state index in [-0.39, 0.29) is 22.4 Å². The minimum absolute atomic E-state index is 0. The fourth-order valence-corrected chi connectivity index (χ4v) is 9.22. The molecule has 0 N–H and O–H groups in total. The van der Waals surface area contributed by atoms with Crippen LogP contribution in [0.3, 0.4) is 0 Å². The summed E-state index contributed by atoms with van der Waals surface area (Å²) in [6.45, 7) is 9.30. The third-order valence-corrected chi connectivity index (χ3v) is 11.4. The molecule has 1 aliphatic carbocycles. The lowest BCUT2D eigenvalue weighted by molar-refractivity contribution is -0.00000697. The predicted octanol–water partition coefficient (Wildman–Crippen LogP) is 4.62. The van der Waals surface area contributed by atoms with Crippen molar-refractivity contribution in [1.82, 2.24) is 0 Å². The van der Waals surface area contributed by atoms with E-state index in [4.69, 9.17) is 0 Å². The molecule has 0 unspecified atom stereocenters. The Labute approximate surface area is 217 Å². The molecular formula is C32H36BrP. The normalized spacial score (nSPS) is 16.1. The van der Waals surface area contributed by atoms with Gasteiger partial charge >= 0.3 is 0 Å². The van der Waals surface area contributed by atoms with Crippen molar-refractivity contribution in [2.45, 2.75) is 40.5 Å². The van der Waals surface area contributed by atoms with Gasteiger partial charge in [0, 0.05) is 0 Å². The molecule has 2 heteroatoms. The summed E-state index contributed by atoms with van der Waals surface area (Å²) in [6.07, 6.45) is 10.7. The average molecular weight is 532 g/mol. The minimum atomic E-state index is -1.82. The first-order chi connectivity index (χ1) is 15.9. The van der Waals surface area contributed by atoms with Gasteiger partial charge in [0.25, 0.3) is 0 Å². The molecule has 3 aromatic rings. The molecule has 0 nitrogen and oxygen atoms in total. The zero-order chi connectivity index (χ0) is 23.3. The minimum Gasteiger partial charge on any atom is -1.00 e. The topological polar surface area (TPSA) is 0 Å². The summed E-state index contributed by atoms with van der Waals surface area (Å²) in [7, 11) is -1.82. The van der Waals surface area contributed by atoms with Gasteiger partial charge in [-0.05, 0) is 80.2 Å². The van der Waals surface area contributed by atoms with Crippen LogP contribution in [0.1, 0.15) is 40.5 Å². The van der Waals surface area contributed by atoms with E-state index in [0.29, 0.717) is 0 Å². The molecule has 0 aliphatic heterocycles. The first-order valence-electron chi connectivity index (χ1n) is 12.0. The highest BCUT2D eigenvalue weighted by Crippen LogP contribution is 2.55. The van der Waals surface area contributed by atoms with Crippen molar-refractivity contribution in [3.63, 3.8) is 0 Å². The summed E-state index contributed by atoms with van der Waals surface area (Å²) in [5, 5.41) is 4.31. The maximum atomic E-state index is 2.47. The van der Waals surface area contributed by atoms with E-state index in [1.165, 1.54) is 39.9 Å². The molecule has 0 bridgehead atoms. The maximum Gasteiger partial charge on any atom is 0.115 e. The van der Waals surface area contributed by atoms with Crippen LogP contribution in [-0.4, -0.2) is 6.16 Å². The third kappa shape index (κ3) is 5.54. The molecule has 0 fully saturated rings. The lowest BCUT2D eigenvalue weighted by atomic mass is 9.85. The second-order valence-electron chi connectivity index (χ2n) is 9.86. The Morgan fingerprint density at radius 2 is 1.24 bits per heavy atom. The Hall–Kier alpha value is -2.21. The Bertz CT molecular complexity index is 1060. The molecule has 0 heterocycles. The number of hydrogen-bond acceptors (Lipinski definition) is 0. The Morgan fingerprint density at radius 3 is 1.62 bits per heavy atom. The van der Waals surface area contributed by atoms with Crippen LogP contribution < -0.4 is 32.9 Å². The second-order valence-corrected chi connectivity index (χ2v) is 13.4. The molecule has 0 aromatic heterocycles. The molecule has 0 atom stereocenters. The number of rotatable bonds is 7. The molecule has 176 valence electrons. The highest BCUT2D eigenvalue weighted by Gasteiger charge is 2.44. The lowest BCUT2D eigenvalue weighted by Crippen LogP contribution is -3.00. The molecule has 0 radical (unpaired) electrons. The standard InChI is InChI=1S/C32H36P.BrH/c1-26(20-21-31-27(2)22-24-32(31,3)4)23-25-33(28-14-8-5-9-15-28,29-16-10-6-11-17-29)30-18-12-7-13-19-30;/h5-21,23H,22,24-25H2,1-4H3;1H/q+1;/p-1. The van der Waals surface area contributed by atoms with Crippen LogP contribution in [0.15, 0.2) is 126 Å². The van der Waals surface area contributed by atoms with Gasteiger partial charge in [-0.3, -0.25) is 0 Å². The van der Waals surface area contributed by atoms with E-state index in [1.54, 1.807) is 5.57 Å². The molecule has 0 saturated carbocycles. The van der Waals surface area contributed by atoms with Gasteiger partial charge in [-0.25, -0.2) is 0 Å². The van der Waals surface area contributed by atoms with Crippen LogP contribution >= 0.6 is 7.26 Å². The number of allylic oxidation sites excluding steroid dienone is 6. The van der Waals surface area contributed by atoms with Crippen molar-refractivity contribution in [2.75, 3.05) is 6.16 Å². The van der Waals surface area contributed by atoms with Gasteiger partial charge in [0.05, 0.1) is 6.16 Å². The van der Waals surface area contributed by atoms with Gasteiger partial charge in [-0.15, -0.1) is 0 Å². The molecule has 0 saturated heterocycles. The molecule has 0 spiro atoms. The third-order valence-electron chi connectivity index (χ3n) is 7.10. The largest absolute Gasteiger partial charge is 1.00 e.